The van der Waals surface area contributed by atoms with Crippen LogP contribution in [0.25, 0.3) is 0 Å². The summed E-state index contributed by atoms with van der Waals surface area (Å²) in [6, 6.07) is 0.125. The molecule has 5 heteroatoms. The van der Waals surface area contributed by atoms with Crippen LogP contribution < -0.4 is 5.73 Å². The van der Waals surface area contributed by atoms with E-state index in [4.69, 9.17) is 10.5 Å². The van der Waals surface area contributed by atoms with Crippen molar-refractivity contribution in [2.45, 2.75) is 38.3 Å². The van der Waals surface area contributed by atoms with Gasteiger partial charge in [-0.1, -0.05) is 6.92 Å². The zero-order chi connectivity index (χ0) is 13.7. The first-order valence-electron chi connectivity index (χ1n) is 6.61. The number of hydrogen-bond donors (Lipinski definition) is 2. The molecule has 0 aliphatic heterocycles. The highest BCUT2D eigenvalue weighted by atomic mass is 16.5. The molecule has 0 radical (unpaired) electrons. The Morgan fingerprint density at radius 1 is 1.50 bits per heavy atom. The smallest absolute Gasteiger partial charge is 0.225 e. The second kappa shape index (κ2) is 7.07. The SMILES string of the molecule is COCC(O)CN(C)C(=O)C1CC(C)CC(N)C1. The van der Waals surface area contributed by atoms with Crippen molar-refractivity contribution in [3.05, 3.63) is 0 Å². The van der Waals surface area contributed by atoms with Gasteiger partial charge in [0.2, 0.25) is 5.91 Å². The summed E-state index contributed by atoms with van der Waals surface area (Å²) in [5.74, 6) is 0.593. The highest BCUT2D eigenvalue weighted by molar-refractivity contribution is 5.78. The summed E-state index contributed by atoms with van der Waals surface area (Å²) in [6.07, 6.45) is 2.03. The van der Waals surface area contributed by atoms with Crippen molar-refractivity contribution in [1.82, 2.24) is 4.90 Å². The molecule has 18 heavy (non-hydrogen) atoms. The quantitative estimate of drug-likeness (QED) is 0.739. The summed E-state index contributed by atoms with van der Waals surface area (Å²) in [6.45, 7) is 2.70. The molecular formula is C13H26N2O3. The van der Waals surface area contributed by atoms with Crippen LogP contribution in [0.2, 0.25) is 0 Å². The van der Waals surface area contributed by atoms with Crippen LogP contribution in [-0.4, -0.2) is 55.4 Å². The number of nitrogens with zero attached hydrogens (tertiary/aromatic N) is 1. The third kappa shape index (κ3) is 4.55. The lowest BCUT2D eigenvalue weighted by Gasteiger charge is -2.33. The number of amides is 1. The van der Waals surface area contributed by atoms with E-state index < -0.39 is 6.10 Å². The van der Waals surface area contributed by atoms with E-state index in [0.717, 1.165) is 19.3 Å². The monoisotopic (exact) mass is 258 g/mol. The summed E-state index contributed by atoms with van der Waals surface area (Å²) in [4.78, 5) is 13.8. The van der Waals surface area contributed by atoms with Gasteiger partial charge in [-0.25, -0.2) is 0 Å². The van der Waals surface area contributed by atoms with Gasteiger partial charge in [-0.2, -0.15) is 0 Å². The summed E-state index contributed by atoms with van der Waals surface area (Å²) < 4.78 is 4.86. The third-order valence-corrected chi connectivity index (χ3v) is 3.55. The van der Waals surface area contributed by atoms with E-state index in [1.165, 1.54) is 7.11 Å². The number of methoxy groups -OCH3 is 1. The molecule has 0 saturated heterocycles. The van der Waals surface area contributed by atoms with E-state index in [1.54, 1.807) is 11.9 Å². The largest absolute Gasteiger partial charge is 0.389 e. The second-order valence-corrected chi connectivity index (χ2v) is 5.60. The lowest BCUT2D eigenvalue weighted by molar-refractivity contribution is -0.137. The predicted octanol–water partition coefficient (Wildman–Crippen LogP) is 0.216. The molecule has 5 nitrogen and oxygen atoms in total. The van der Waals surface area contributed by atoms with Crippen molar-refractivity contribution < 1.29 is 14.6 Å². The van der Waals surface area contributed by atoms with Crippen molar-refractivity contribution in [2.24, 2.45) is 17.6 Å². The molecule has 1 aliphatic carbocycles. The van der Waals surface area contributed by atoms with E-state index in [0.29, 0.717) is 12.5 Å². The number of carbonyl (C=O) groups is 1. The fraction of sp³-hybridized carbons (Fsp3) is 0.923. The van der Waals surface area contributed by atoms with Gasteiger partial charge >= 0.3 is 0 Å². The number of nitrogens with two attached hydrogens (primary N) is 1. The number of rotatable bonds is 5. The molecule has 0 heterocycles. The summed E-state index contributed by atoms with van der Waals surface area (Å²) in [7, 11) is 3.26. The Bertz CT molecular complexity index is 263. The topological polar surface area (TPSA) is 75.8 Å². The van der Waals surface area contributed by atoms with E-state index in [9.17, 15) is 9.90 Å². The Kier molecular flexibility index (Phi) is 6.05. The average molecular weight is 258 g/mol. The molecule has 1 amide bonds. The van der Waals surface area contributed by atoms with Gasteiger partial charge in [-0.05, 0) is 25.2 Å². The molecule has 4 atom stereocenters. The highest BCUT2D eigenvalue weighted by Crippen LogP contribution is 2.29. The van der Waals surface area contributed by atoms with Crippen molar-refractivity contribution in [3.8, 4) is 0 Å². The second-order valence-electron chi connectivity index (χ2n) is 5.60. The Morgan fingerprint density at radius 2 is 2.17 bits per heavy atom. The van der Waals surface area contributed by atoms with Gasteiger partial charge in [0.25, 0.3) is 0 Å². The molecular weight excluding hydrogens is 232 g/mol. The van der Waals surface area contributed by atoms with Gasteiger partial charge in [-0.3, -0.25) is 4.79 Å². The first kappa shape index (κ1) is 15.4. The molecule has 3 N–H and O–H groups in total. The van der Waals surface area contributed by atoms with Crippen molar-refractivity contribution in [1.29, 1.82) is 0 Å². The Labute approximate surface area is 109 Å². The van der Waals surface area contributed by atoms with Crippen LogP contribution in [0.1, 0.15) is 26.2 Å². The van der Waals surface area contributed by atoms with Gasteiger partial charge < -0.3 is 20.5 Å². The minimum absolute atomic E-state index is 0.00324. The zero-order valence-electron chi connectivity index (χ0n) is 11.6. The van der Waals surface area contributed by atoms with Crippen LogP contribution in [0.5, 0.6) is 0 Å². The third-order valence-electron chi connectivity index (χ3n) is 3.55. The molecule has 0 aromatic heterocycles. The molecule has 1 rings (SSSR count). The molecule has 106 valence electrons. The molecule has 1 fully saturated rings. The molecule has 1 saturated carbocycles. The standard InChI is InChI=1S/C13H26N2O3/c1-9-4-10(6-11(14)5-9)13(17)15(2)7-12(16)8-18-3/h9-12,16H,4-8,14H2,1-3H3. The number of hydrogen-bond acceptors (Lipinski definition) is 4. The molecule has 0 bridgehead atoms. The Balaban J connectivity index is 2.47. The van der Waals surface area contributed by atoms with Gasteiger partial charge in [0.05, 0.1) is 12.7 Å². The normalized spacial score (nSPS) is 29.9. The number of likely N-dealkylation sites (N-methyl/N-ethyl adjacent to an activating group) is 1. The van der Waals surface area contributed by atoms with E-state index in [1.807, 2.05) is 0 Å². The minimum atomic E-state index is -0.626. The number of aliphatic hydroxyl groups is 1. The van der Waals surface area contributed by atoms with Crippen molar-refractivity contribution in [3.63, 3.8) is 0 Å². The molecule has 0 spiro atoms. The van der Waals surface area contributed by atoms with Crippen LogP contribution in [0, 0.1) is 11.8 Å². The van der Waals surface area contributed by atoms with Gasteiger partial charge in [0.15, 0.2) is 0 Å². The highest BCUT2D eigenvalue weighted by Gasteiger charge is 2.31. The predicted molar refractivity (Wildman–Crippen MR) is 70.0 cm³/mol. The fourth-order valence-electron chi connectivity index (χ4n) is 2.82. The molecule has 0 aromatic carbocycles. The summed E-state index contributed by atoms with van der Waals surface area (Å²) >= 11 is 0. The van der Waals surface area contributed by atoms with Crippen molar-refractivity contribution in [2.75, 3.05) is 27.3 Å². The van der Waals surface area contributed by atoms with E-state index in [2.05, 4.69) is 6.92 Å². The number of aliphatic hydroxyl groups excluding tert-OH is 1. The average Bonchev–Trinajstić information content (AvgIpc) is 2.26. The minimum Gasteiger partial charge on any atom is -0.389 e. The van der Waals surface area contributed by atoms with Crippen LogP contribution in [0.4, 0.5) is 0 Å². The van der Waals surface area contributed by atoms with Gasteiger partial charge in [-0.15, -0.1) is 0 Å². The maximum Gasteiger partial charge on any atom is 0.225 e. The first-order valence-corrected chi connectivity index (χ1v) is 6.61. The zero-order valence-corrected chi connectivity index (χ0v) is 11.6. The van der Waals surface area contributed by atoms with E-state index >= 15 is 0 Å². The first-order chi connectivity index (χ1) is 8.43. The maximum atomic E-state index is 12.2. The molecule has 4 unspecified atom stereocenters. The summed E-state index contributed by atoms with van der Waals surface area (Å²) in [5, 5.41) is 9.63. The van der Waals surface area contributed by atoms with Crippen LogP contribution in [0.15, 0.2) is 0 Å². The number of carbonyl (C=O) groups excluding carboxylic acids is 1. The molecule has 1 aliphatic rings. The van der Waals surface area contributed by atoms with E-state index in [-0.39, 0.29) is 24.5 Å². The van der Waals surface area contributed by atoms with Crippen LogP contribution in [-0.2, 0) is 9.53 Å². The Morgan fingerprint density at radius 3 is 2.72 bits per heavy atom. The fourth-order valence-corrected chi connectivity index (χ4v) is 2.82. The van der Waals surface area contributed by atoms with Crippen molar-refractivity contribution >= 4 is 5.91 Å². The number of ether oxygens (including phenoxy) is 1. The van der Waals surface area contributed by atoms with Crippen LogP contribution >= 0.6 is 0 Å². The lowest BCUT2D eigenvalue weighted by Crippen LogP contribution is -2.43. The Hall–Kier alpha value is -0.650. The van der Waals surface area contributed by atoms with Gasteiger partial charge in [0, 0.05) is 32.7 Å². The maximum absolute atomic E-state index is 12.2. The molecule has 0 aromatic rings. The van der Waals surface area contributed by atoms with Gasteiger partial charge in [0.1, 0.15) is 0 Å². The lowest BCUT2D eigenvalue weighted by atomic mass is 9.79. The summed E-state index contributed by atoms with van der Waals surface area (Å²) in [5.41, 5.74) is 5.96. The van der Waals surface area contributed by atoms with Crippen LogP contribution in [0.3, 0.4) is 0 Å².